The monoisotopic (exact) mass is 351 g/mol. The van der Waals surface area contributed by atoms with Crippen LogP contribution in [0.4, 0.5) is 5.69 Å². The van der Waals surface area contributed by atoms with Gasteiger partial charge in [0.2, 0.25) is 10.5 Å². The minimum absolute atomic E-state index is 0.0770. The molecular formula is C14H17N5O4S. The number of nitro benzene ring substituents is 1. The summed E-state index contributed by atoms with van der Waals surface area (Å²) in [4.78, 5) is 10.7. The Kier molecular flexibility index (Phi) is 5.64. The molecule has 0 unspecified atom stereocenters. The minimum atomic E-state index is -0.528. The van der Waals surface area contributed by atoms with E-state index in [1.165, 1.54) is 24.1 Å². The second-order valence-corrected chi connectivity index (χ2v) is 5.00. The number of ether oxygens (including phenoxy) is 2. The fourth-order valence-corrected chi connectivity index (χ4v) is 2.28. The summed E-state index contributed by atoms with van der Waals surface area (Å²) >= 11 is 5.11. The van der Waals surface area contributed by atoms with Gasteiger partial charge in [-0.3, -0.25) is 15.2 Å². The maximum Gasteiger partial charge on any atom is 0.315 e. The maximum atomic E-state index is 11.3. The Hall–Kier alpha value is -2.75. The number of nitrogens with one attached hydrogen (secondary N) is 1. The Bertz CT molecular complexity index is 827. The zero-order valence-electron chi connectivity index (χ0n) is 13.5. The third kappa shape index (κ3) is 3.59. The summed E-state index contributed by atoms with van der Waals surface area (Å²) in [6, 6.07) is 2.98. The molecule has 1 heterocycles. The van der Waals surface area contributed by atoms with E-state index in [2.05, 4.69) is 15.3 Å². The molecule has 0 aliphatic carbocycles. The molecule has 9 nitrogen and oxygen atoms in total. The quantitative estimate of drug-likeness (QED) is 0.356. The lowest BCUT2D eigenvalue weighted by atomic mass is 10.2. The molecule has 10 heteroatoms. The number of rotatable bonds is 7. The van der Waals surface area contributed by atoms with Crippen molar-refractivity contribution in [2.75, 3.05) is 13.7 Å². The molecule has 2 aromatic rings. The molecule has 0 atom stereocenters. The highest BCUT2D eigenvalue weighted by molar-refractivity contribution is 7.71. The van der Waals surface area contributed by atoms with Crippen molar-refractivity contribution in [3.63, 3.8) is 0 Å². The predicted octanol–water partition coefficient (Wildman–Crippen LogP) is 2.70. The highest BCUT2D eigenvalue weighted by Gasteiger charge is 2.21. The molecular weight excluding hydrogens is 334 g/mol. The predicted molar refractivity (Wildman–Crippen MR) is 90.6 cm³/mol. The van der Waals surface area contributed by atoms with Crippen LogP contribution in [0, 0.1) is 14.9 Å². The van der Waals surface area contributed by atoms with Crippen LogP contribution in [-0.2, 0) is 6.42 Å². The lowest BCUT2D eigenvalue weighted by Gasteiger charge is -2.10. The molecule has 0 radical (unpaired) electrons. The first-order valence-electron chi connectivity index (χ1n) is 7.21. The molecule has 1 aromatic heterocycles. The number of hydrogen-bond acceptors (Lipinski definition) is 7. The minimum Gasteiger partial charge on any atom is -0.490 e. The van der Waals surface area contributed by atoms with Crippen molar-refractivity contribution in [2.24, 2.45) is 5.10 Å². The number of aryl methyl sites for hydroxylation is 1. The average molecular weight is 351 g/mol. The van der Waals surface area contributed by atoms with E-state index in [0.29, 0.717) is 29.2 Å². The lowest BCUT2D eigenvalue weighted by Crippen LogP contribution is -2.02. The summed E-state index contributed by atoms with van der Waals surface area (Å²) in [7, 11) is 1.36. The Morgan fingerprint density at radius 2 is 2.25 bits per heavy atom. The molecule has 128 valence electrons. The van der Waals surface area contributed by atoms with Crippen LogP contribution in [0.1, 0.15) is 25.2 Å². The number of nitro groups is 1. The van der Waals surface area contributed by atoms with Gasteiger partial charge in [-0.05, 0) is 25.2 Å². The maximum absolute atomic E-state index is 11.3. The van der Waals surface area contributed by atoms with E-state index in [-0.39, 0.29) is 17.2 Å². The SMILES string of the molecule is CCOc1cc(/C=N\n2c(CC)n[nH]c2=S)cc([N+](=O)[O-])c1OC. The summed E-state index contributed by atoms with van der Waals surface area (Å²) in [6.07, 6.45) is 2.09. The Morgan fingerprint density at radius 1 is 1.50 bits per heavy atom. The molecule has 1 N–H and O–H groups in total. The van der Waals surface area contributed by atoms with E-state index in [4.69, 9.17) is 21.7 Å². The number of hydrogen-bond donors (Lipinski definition) is 1. The number of nitrogens with zero attached hydrogens (tertiary/aromatic N) is 4. The second kappa shape index (κ2) is 7.68. The van der Waals surface area contributed by atoms with Gasteiger partial charge in [-0.2, -0.15) is 14.9 Å². The van der Waals surface area contributed by atoms with Gasteiger partial charge in [0, 0.05) is 18.1 Å². The van der Waals surface area contributed by atoms with Gasteiger partial charge in [-0.1, -0.05) is 6.92 Å². The standard InChI is InChI=1S/C14H17N5O4S/c1-4-12-16-17-14(24)18(12)15-8-9-6-10(19(20)21)13(22-3)11(7-9)23-5-2/h6-8H,4-5H2,1-3H3,(H,17,24)/b15-8-. The van der Waals surface area contributed by atoms with Crippen molar-refractivity contribution >= 4 is 24.1 Å². The fourth-order valence-electron chi connectivity index (χ4n) is 2.08. The molecule has 0 saturated carbocycles. The molecule has 0 amide bonds. The van der Waals surface area contributed by atoms with E-state index in [0.717, 1.165) is 0 Å². The average Bonchev–Trinajstić information content (AvgIpc) is 2.92. The van der Waals surface area contributed by atoms with E-state index >= 15 is 0 Å². The van der Waals surface area contributed by atoms with Crippen LogP contribution in [0.2, 0.25) is 0 Å². The molecule has 0 saturated heterocycles. The molecule has 0 spiro atoms. The van der Waals surface area contributed by atoms with Gasteiger partial charge in [0.25, 0.3) is 0 Å². The second-order valence-electron chi connectivity index (χ2n) is 4.62. The van der Waals surface area contributed by atoms with Crippen LogP contribution in [0.5, 0.6) is 11.5 Å². The van der Waals surface area contributed by atoms with Gasteiger partial charge in [0.05, 0.1) is 24.9 Å². The summed E-state index contributed by atoms with van der Waals surface area (Å²) < 4.78 is 12.3. The van der Waals surface area contributed by atoms with Gasteiger partial charge in [-0.15, -0.1) is 0 Å². The summed E-state index contributed by atoms with van der Waals surface area (Å²) in [5.74, 6) is 1.01. The van der Waals surface area contributed by atoms with Crippen LogP contribution in [0.3, 0.4) is 0 Å². The van der Waals surface area contributed by atoms with Crippen LogP contribution < -0.4 is 9.47 Å². The Morgan fingerprint density at radius 3 is 2.83 bits per heavy atom. The topological polar surface area (TPSA) is 108 Å². The van der Waals surface area contributed by atoms with Crippen molar-refractivity contribution in [1.82, 2.24) is 14.9 Å². The Balaban J connectivity index is 2.50. The molecule has 2 rings (SSSR count). The molecule has 0 aliphatic heterocycles. The number of methoxy groups -OCH3 is 1. The summed E-state index contributed by atoms with van der Waals surface area (Å²) in [5.41, 5.74) is 0.285. The van der Waals surface area contributed by atoms with Crippen molar-refractivity contribution in [3.05, 3.63) is 38.4 Å². The number of H-pyrrole nitrogens is 1. The lowest BCUT2D eigenvalue weighted by molar-refractivity contribution is -0.385. The fraction of sp³-hybridized carbons (Fsp3) is 0.357. The largest absolute Gasteiger partial charge is 0.490 e. The highest BCUT2D eigenvalue weighted by Crippen LogP contribution is 2.37. The molecule has 1 aromatic carbocycles. The van der Waals surface area contributed by atoms with E-state index in [1.54, 1.807) is 13.0 Å². The van der Waals surface area contributed by atoms with Gasteiger partial charge in [0.1, 0.15) is 0 Å². The first-order valence-corrected chi connectivity index (χ1v) is 7.62. The first-order chi connectivity index (χ1) is 11.5. The van der Waals surface area contributed by atoms with Crippen LogP contribution in [0.15, 0.2) is 17.2 Å². The molecule has 0 aliphatic rings. The zero-order valence-corrected chi connectivity index (χ0v) is 14.3. The Labute approximate surface area is 143 Å². The van der Waals surface area contributed by atoms with Crippen molar-refractivity contribution in [2.45, 2.75) is 20.3 Å². The summed E-state index contributed by atoms with van der Waals surface area (Å²) in [5, 5.41) is 22.2. The van der Waals surface area contributed by atoms with Gasteiger partial charge >= 0.3 is 5.69 Å². The molecule has 0 bridgehead atoms. The first kappa shape index (κ1) is 17.6. The number of aromatic nitrogens is 3. The third-order valence-electron chi connectivity index (χ3n) is 3.11. The molecule has 0 fully saturated rings. The number of benzene rings is 1. The molecule has 24 heavy (non-hydrogen) atoms. The summed E-state index contributed by atoms with van der Waals surface area (Å²) in [6.45, 7) is 4.05. The van der Waals surface area contributed by atoms with E-state index in [9.17, 15) is 10.1 Å². The van der Waals surface area contributed by atoms with Gasteiger partial charge < -0.3 is 9.47 Å². The number of aromatic amines is 1. The van der Waals surface area contributed by atoms with Crippen molar-refractivity contribution in [3.8, 4) is 11.5 Å². The smallest absolute Gasteiger partial charge is 0.315 e. The van der Waals surface area contributed by atoms with Crippen molar-refractivity contribution < 1.29 is 14.4 Å². The van der Waals surface area contributed by atoms with Gasteiger partial charge in [0.15, 0.2) is 11.6 Å². The van der Waals surface area contributed by atoms with Crippen LogP contribution in [-0.4, -0.2) is 39.7 Å². The van der Waals surface area contributed by atoms with Crippen molar-refractivity contribution in [1.29, 1.82) is 0 Å². The van der Waals surface area contributed by atoms with Gasteiger partial charge in [-0.25, -0.2) is 0 Å². The van der Waals surface area contributed by atoms with Crippen LogP contribution >= 0.6 is 12.2 Å². The normalized spacial score (nSPS) is 11.0. The van der Waals surface area contributed by atoms with E-state index in [1.807, 2.05) is 6.92 Å². The highest BCUT2D eigenvalue weighted by atomic mass is 32.1. The van der Waals surface area contributed by atoms with E-state index < -0.39 is 4.92 Å². The zero-order chi connectivity index (χ0) is 17.7. The third-order valence-corrected chi connectivity index (χ3v) is 3.38. The van der Waals surface area contributed by atoms with Crippen LogP contribution in [0.25, 0.3) is 0 Å².